The lowest BCUT2D eigenvalue weighted by molar-refractivity contribution is 0.326. The highest BCUT2D eigenvalue weighted by atomic mass is 16.5. The predicted molar refractivity (Wildman–Crippen MR) is 92.3 cm³/mol. The van der Waals surface area contributed by atoms with Gasteiger partial charge in [-0.3, -0.25) is 4.99 Å². The molecule has 1 atom stereocenters. The standard InChI is InChI=1S/C17H30N4O/c1-5-7-8-9-14(3)21-17(18-4)20-13-15-10-11-19-16(12-15)22-6-2/h10-12,14H,5-9,13H2,1-4H3,(H2,18,20,21). The summed E-state index contributed by atoms with van der Waals surface area (Å²) in [6, 6.07) is 4.36. The molecular weight excluding hydrogens is 276 g/mol. The lowest BCUT2D eigenvalue weighted by Crippen LogP contribution is -2.41. The number of pyridine rings is 1. The Morgan fingerprint density at radius 3 is 2.86 bits per heavy atom. The second-order valence-corrected chi connectivity index (χ2v) is 5.40. The normalized spacial score (nSPS) is 12.8. The summed E-state index contributed by atoms with van der Waals surface area (Å²) in [4.78, 5) is 8.45. The summed E-state index contributed by atoms with van der Waals surface area (Å²) in [6.07, 6.45) is 6.73. The summed E-state index contributed by atoms with van der Waals surface area (Å²) in [7, 11) is 1.80. The van der Waals surface area contributed by atoms with Crippen LogP contribution in [-0.2, 0) is 6.54 Å². The maximum Gasteiger partial charge on any atom is 0.213 e. The van der Waals surface area contributed by atoms with Crippen molar-refractivity contribution in [3.8, 4) is 5.88 Å². The van der Waals surface area contributed by atoms with Crippen molar-refractivity contribution in [2.24, 2.45) is 4.99 Å². The molecular formula is C17H30N4O. The largest absolute Gasteiger partial charge is 0.478 e. The van der Waals surface area contributed by atoms with Crippen molar-refractivity contribution < 1.29 is 4.74 Å². The Balaban J connectivity index is 2.41. The van der Waals surface area contributed by atoms with E-state index in [1.165, 1.54) is 19.3 Å². The summed E-state index contributed by atoms with van der Waals surface area (Å²) in [5.74, 6) is 1.50. The Morgan fingerprint density at radius 1 is 1.36 bits per heavy atom. The molecule has 0 aromatic carbocycles. The maximum atomic E-state index is 5.41. The van der Waals surface area contributed by atoms with Crippen molar-refractivity contribution in [3.63, 3.8) is 0 Å². The summed E-state index contributed by atoms with van der Waals surface area (Å²) in [6.45, 7) is 7.70. The number of aromatic nitrogens is 1. The van der Waals surface area contributed by atoms with Gasteiger partial charge < -0.3 is 15.4 Å². The quantitative estimate of drug-likeness (QED) is 0.418. The molecule has 0 aliphatic rings. The van der Waals surface area contributed by atoms with Crippen LogP contribution in [0.4, 0.5) is 0 Å². The summed E-state index contributed by atoms with van der Waals surface area (Å²) in [5.41, 5.74) is 1.13. The Bertz CT molecular complexity index is 448. The smallest absolute Gasteiger partial charge is 0.213 e. The van der Waals surface area contributed by atoms with E-state index in [1.807, 2.05) is 19.1 Å². The molecule has 0 aliphatic heterocycles. The molecule has 22 heavy (non-hydrogen) atoms. The molecule has 5 nitrogen and oxygen atoms in total. The Labute approximate surface area is 134 Å². The van der Waals surface area contributed by atoms with E-state index in [0.717, 1.165) is 17.9 Å². The van der Waals surface area contributed by atoms with Crippen LogP contribution in [-0.4, -0.2) is 30.6 Å². The fraction of sp³-hybridized carbons (Fsp3) is 0.647. The minimum absolute atomic E-state index is 0.425. The van der Waals surface area contributed by atoms with Gasteiger partial charge in [0.2, 0.25) is 5.88 Å². The van der Waals surface area contributed by atoms with E-state index < -0.39 is 0 Å². The van der Waals surface area contributed by atoms with Crippen molar-refractivity contribution in [3.05, 3.63) is 23.9 Å². The van der Waals surface area contributed by atoms with Gasteiger partial charge in [-0.2, -0.15) is 0 Å². The van der Waals surface area contributed by atoms with Gasteiger partial charge >= 0.3 is 0 Å². The van der Waals surface area contributed by atoms with Gasteiger partial charge in [-0.05, 0) is 31.9 Å². The van der Waals surface area contributed by atoms with Crippen LogP contribution in [0.5, 0.6) is 5.88 Å². The van der Waals surface area contributed by atoms with Crippen molar-refractivity contribution in [2.75, 3.05) is 13.7 Å². The molecule has 1 unspecified atom stereocenters. The van der Waals surface area contributed by atoms with Gasteiger partial charge in [0.25, 0.3) is 0 Å². The fourth-order valence-electron chi connectivity index (χ4n) is 2.17. The average molecular weight is 306 g/mol. The van der Waals surface area contributed by atoms with E-state index >= 15 is 0 Å². The van der Waals surface area contributed by atoms with Crippen molar-refractivity contribution in [1.82, 2.24) is 15.6 Å². The molecule has 1 heterocycles. The zero-order valence-corrected chi connectivity index (χ0v) is 14.4. The lowest BCUT2D eigenvalue weighted by Gasteiger charge is -2.18. The first-order valence-electron chi connectivity index (χ1n) is 8.24. The minimum Gasteiger partial charge on any atom is -0.478 e. The number of ether oxygens (including phenoxy) is 1. The second kappa shape index (κ2) is 10.9. The predicted octanol–water partition coefficient (Wildman–Crippen LogP) is 3.11. The third-order valence-corrected chi connectivity index (χ3v) is 3.40. The number of nitrogens with zero attached hydrogens (tertiary/aromatic N) is 2. The van der Waals surface area contributed by atoms with Gasteiger partial charge in [-0.25, -0.2) is 4.98 Å². The SMILES string of the molecule is CCCCCC(C)NC(=NC)NCc1ccnc(OCC)c1. The first-order chi connectivity index (χ1) is 10.7. The van der Waals surface area contributed by atoms with Crippen molar-refractivity contribution >= 4 is 5.96 Å². The molecule has 1 aromatic heterocycles. The molecule has 0 bridgehead atoms. The number of hydrogen-bond acceptors (Lipinski definition) is 3. The summed E-state index contributed by atoms with van der Waals surface area (Å²) in [5, 5.41) is 6.76. The van der Waals surface area contributed by atoms with Crippen molar-refractivity contribution in [1.29, 1.82) is 0 Å². The Kier molecular flexibility index (Phi) is 9.03. The highest BCUT2D eigenvalue weighted by molar-refractivity contribution is 5.79. The third-order valence-electron chi connectivity index (χ3n) is 3.40. The molecule has 1 rings (SSSR count). The van der Waals surface area contributed by atoms with Crippen molar-refractivity contribution in [2.45, 2.75) is 59.0 Å². The van der Waals surface area contributed by atoms with E-state index in [-0.39, 0.29) is 0 Å². The molecule has 0 aliphatic carbocycles. The van der Waals surface area contributed by atoms with Crippen LogP contribution in [0.25, 0.3) is 0 Å². The second-order valence-electron chi connectivity index (χ2n) is 5.40. The van der Waals surface area contributed by atoms with Crippen LogP contribution < -0.4 is 15.4 Å². The molecule has 0 saturated carbocycles. The molecule has 2 N–H and O–H groups in total. The molecule has 0 spiro atoms. The Morgan fingerprint density at radius 2 is 2.18 bits per heavy atom. The first kappa shape index (κ1) is 18.3. The molecule has 124 valence electrons. The minimum atomic E-state index is 0.425. The van der Waals surface area contributed by atoms with Crippen LogP contribution in [0.2, 0.25) is 0 Å². The van der Waals surface area contributed by atoms with Crippen LogP contribution in [0, 0.1) is 0 Å². The van der Waals surface area contributed by atoms with Gasteiger partial charge in [0.1, 0.15) is 0 Å². The monoisotopic (exact) mass is 306 g/mol. The summed E-state index contributed by atoms with van der Waals surface area (Å²) < 4.78 is 5.41. The van der Waals surface area contributed by atoms with Crippen LogP contribution >= 0.6 is 0 Å². The number of nitrogens with one attached hydrogen (secondary N) is 2. The molecule has 0 fully saturated rings. The number of aliphatic imine (C=N–C) groups is 1. The van der Waals surface area contributed by atoms with Gasteiger partial charge in [0.05, 0.1) is 6.61 Å². The number of unbranched alkanes of at least 4 members (excludes halogenated alkanes) is 2. The number of guanidine groups is 1. The molecule has 5 heteroatoms. The number of hydrogen-bond donors (Lipinski definition) is 2. The topological polar surface area (TPSA) is 58.5 Å². The first-order valence-corrected chi connectivity index (χ1v) is 8.24. The average Bonchev–Trinajstić information content (AvgIpc) is 2.52. The van der Waals surface area contributed by atoms with Gasteiger partial charge in [0, 0.05) is 31.9 Å². The Hall–Kier alpha value is -1.78. The highest BCUT2D eigenvalue weighted by Gasteiger charge is 2.05. The van der Waals surface area contributed by atoms with E-state index in [0.29, 0.717) is 25.1 Å². The van der Waals surface area contributed by atoms with E-state index in [4.69, 9.17) is 4.74 Å². The molecule has 0 amide bonds. The van der Waals surface area contributed by atoms with Gasteiger partial charge in [-0.15, -0.1) is 0 Å². The van der Waals surface area contributed by atoms with Gasteiger partial charge in [-0.1, -0.05) is 26.2 Å². The van der Waals surface area contributed by atoms with E-state index in [9.17, 15) is 0 Å². The van der Waals surface area contributed by atoms with E-state index in [1.54, 1.807) is 13.2 Å². The lowest BCUT2D eigenvalue weighted by atomic mass is 10.1. The summed E-state index contributed by atoms with van der Waals surface area (Å²) >= 11 is 0. The zero-order chi connectivity index (χ0) is 16.2. The van der Waals surface area contributed by atoms with Crippen LogP contribution in [0.15, 0.2) is 23.3 Å². The maximum absolute atomic E-state index is 5.41. The van der Waals surface area contributed by atoms with Crippen LogP contribution in [0.1, 0.15) is 52.0 Å². The van der Waals surface area contributed by atoms with Crippen LogP contribution in [0.3, 0.4) is 0 Å². The van der Waals surface area contributed by atoms with E-state index in [2.05, 4.69) is 34.5 Å². The molecule has 0 radical (unpaired) electrons. The zero-order valence-electron chi connectivity index (χ0n) is 14.4. The molecule has 0 saturated heterocycles. The third kappa shape index (κ3) is 7.29. The fourth-order valence-corrected chi connectivity index (χ4v) is 2.17. The highest BCUT2D eigenvalue weighted by Crippen LogP contribution is 2.09. The number of rotatable bonds is 9. The van der Waals surface area contributed by atoms with Gasteiger partial charge in [0.15, 0.2) is 5.96 Å². The molecule has 1 aromatic rings.